The Hall–Kier alpha value is -0.160. The quantitative estimate of drug-likeness (QED) is 0.693. The van der Waals surface area contributed by atoms with Crippen LogP contribution in [0.25, 0.3) is 0 Å². The molecule has 0 aromatic heterocycles. The molecule has 19 heavy (non-hydrogen) atoms. The number of rotatable bonds is 9. The van der Waals surface area contributed by atoms with E-state index in [1.807, 2.05) is 0 Å². The third kappa shape index (κ3) is 4.71. The fraction of sp³-hybridized carbons (Fsp3) is 1.00. The molecule has 1 aliphatic rings. The van der Waals surface area contributed by atoms with E-state index in [0.29, 0.717) is 17.5 Å². The zero-order valence-corrected chi connectivity index (χ0v) is 13.4. The van der Waals surface area contributed by atoms with Crippen LogP contribution in [0.3, 0.4) is 0 Å². The minimum Gasteiger partial charge on any atom is -0.383 e. The van der Waals surface area contributed by atoms with Gasteiger partial charge >= 0.3 is 0 Å². The second kappa shape index (κ2) is 8.20. The normalized spacial score (nSPS) is 26.2. The molecule has 0 aromatic rings. The summed E-state index contributed by atoms with van der Waals surface area (Å²) in [5.41, 5.74) is 0.374. The molecular weight excluding hydrogens is 240 g/mol. The van der Waals surface area contributed by atoms with Crippen LogP contribution in [0.1, 0.15) is 33.6 Å². The predicted molar refractivity (Wildman–Crippen MR) is 79.6 cm³/mol. The van der Waals surface area contributed by atoms with Gasteiger partial charge in [-0.1, -0.05) is 20.8 Å². The first-order valence-electron chi connectivity index (χ1n) is 7.52. The molecule has 4 heteroatoms. The average molecular weight is 272 g/mol. The summed E-state index contributed by atoms with van der Waals surface area (Å²) in [4.78, 5) is 2.54. The van der Waals surface area contributed by atoms with Crippen molar-refractivity contribution in [2.24, 2.45) is 5.41 Å². The van der Waals surface area contributed by atoms with Gasteiger partial charge in [0.1, 0.15) is 0 Å². The second-order valence-electron chi connectivity index (χ2n) is 6.15. The summed E-state index contributed by atoms with van der Waals surface area (Å²) in [6.45, 7) is 11.5. The van der Waals surface area contributed by atoms with E-state index in [0.717, 1.165) is 32.8 Å². The molecule has 2 atom stereocenters. The van der Waals surface area contributed by atoms with E-state index in [-0.39, 0.29) is 0 Å². The molecule has 0 saturated heterocycles. The molecule has 1 saturated carbocycles. The van der Waals surface area contributed by atoms with Crippen molar-refractivity contribution in [3.05, 3.63) is 0 Å². The highest BCUT2D eigenvalue weighted by molar-refractivity contribution is 5.00. The number of nitrogens with zero attached hydrogens (tertiary/aromatic N) is 1. The van der Waals surface area contributed by atoms with Crippen molar-refractivity contribution >= 4 is 0 Å². The van der Waals surface area contributed by atoms with Gasteiger partial charge in [-0.15, -0.1) is 0 Å². The number of hydrogen-bond donors (Lipinski definition) is 1. The van der Waals surface area contributed by atoms with Crippen molar-refractivity contribution in [1.82, 2.24) is 10.2 Å². The van der Waals surface area contributed by atoms with Crippen LogP contribution >= 0.6 is 0 Å². The van der Waals surface area contributed by atoms with Crippen LogP contribution in [0.15, 0.2) is 0 Å². The Morgan fingerprint density at radius 1 is 1.16 bits per heavy atom. The first kappa shape index (κ1) is 16.9. The third-order valence-corrected chi connectivity index (χ3v) is 4.37. The van der Waals surface area contributed by atoms with Crippen LogP contribution in [0.5, 0.6) is 0 Å². The minimum absolute atomic E-state index is 0.374. The minimum atomic E-state index is 0.374. The molecule has 1 aliphatic carbocycles. The lowest BCUT2D eigenvalue weighted by Gasteiger charge is -2.37. The van der Waals surface area contributed by atoms with Crippen molar-refractivity contribution in [2.75, 3.05) is 47.1 Å². The van der Waals surface area contributed by atoms with Gasteiger partial charge in [-0.05, 0) is 24.8 Å². The third-order valence-electron chi connectivity index (χ3n) is 4.37. The molecule has 0 amide bonds. The number of nitrogens with one attached hydrogen (secondary N) is 1. The van der Waals surface area contributed by atoms with Crippen molar-refractivity contribution < 1.29 is 9.47 Å². The van der Waals surface area contributed by atoms with Gasteiger partial charge in [0, 0.05) is 39.4 Å². The van der Waals surface area contributed by atoms with Gasteiger partial charge in [-0.25, -0.2) is 0 Å². The molecule has 0 bridgehead atoms. The number of methoxy groups -OCH3 is 2. The Bertz CT molecular complexity index is 238. The fourth-order valence-electron chi connectivity index (χ4n) is 3.25. The molecule has 0 spiro atoms. The topological polar surface area (TPSA) is 33.7 Å². The summed E-state index contributed by atoms with van der Waals surface area (Å²) in [6.07, 6.45) is 2.55. The van der Waals surface area contributed by atoms with Crippen LogP contribution in [0, 0.1) is 5.41 Å². The van der Waals surface area contributed by atoms with Crippen LogP contribution in [0.4, 0.5) is 0 Å². The van der Waals surface area contributed by atoms with E-state index < -0.39 is 0 Å². The lowest BCUT2D eigenvalue weighted by atomic mass is 9.86. The van der Waals surface area contributed by atoms with Gasteiger partial charge in [0.2, 0.25) is 0 Å². The maximum atomic E-state index is 5.26. The molecule has 114 valence electrons. The SMILES string of the molecule is CCNC1C(N(CCOC)CCOC)CCC1(C)C. The van der Waals surface area contributed by atoms with Crippen LogP contribution < -0.4 is 5.32 Å². The Morgan fingerprint density at radius 2 is 1.74 bits per heavy atom. The van der Waals surface area contributed by atoms with E-state index in [1.165, 1.54) is 12.8 Å². The first-order chi connectivity index (χ1) is 9.06. The van der Waals surface area contributed by atoms with Gasteiger partial charge in [0.15, 0.2) is 0 Å². The predicted octanol–water partition coefficient (Wildman–Crippen LogP) is 1.75. The zero-order valence-electron chi connectivity index (χ0n) is 13.4. The number of hydrogen-bond acceptors (Lipinski definition) is 4. The molecule has 0 radical (unpaired) electrons. The summed E-state index contributed by atoms with van der Waals surface area (Å²) in [5, 5.41) is 3.69. The highest BCUT2D eigenvalue weighted by atomic mass is 16.5. The summed E-state index contributed by atoms with van der Waals surface area (Å²) in [7, 11) is 3.55. The maximum absolute atomic E-state index is 5.26. The first-order valence-corrected chi connectivity index (χ1v) is 7.52. The van der Waals surface area contributed by atoms with Gasteiger partial charge in [0.25, 0.3) is 0 Å². The smallest absolute Gasteiger partial charge is 0.0589 e. The highest BCUT2D eigenvalue weighted by Gasteiger charge is 2.43. The Morgan fingerprint density at radius 3 is 2.21 bits per heavy atom. The molecule has 1 N–H and O–H groups in total. The molecule has 0 heterocycles. The second-order valence-corrected chi connectivity index (χ2v) is 6.15. The highest BCUT2D eigenvalue weighted by Crippen LogP contribution is 2.39. The standard InChI is InChI=1S/C15H32N2O2/c1-6-16-14-13(7-8-15(14,2)3)17(9-11-18-4)10-12-19-5/h13-14,16H,6-12H2,1-5H3. The lowest BCUT2D eigenvalue weighted by Crippen LogP contribution is -2.53. The fourth-order valence-corrected chi connectivity index (χ4v) is 3.25. The molecule has 1 rings (SSSR count). The average Bonchev–Trinajstić information content (AvgIpc) is 2.67. The van der Waals surface area contributed by atoms with Crippen LogP contribution in [-0.4, -0.2) is 64.1 Å². The monoisotopic (exact) mass is 272 g/mol. The van der Waals surface area contributed by atoms with Crippen molar-refractivity contribution in [1.29, 1.82) is 0 Å². The van der Waals surface area contributed by atoms with E-state index in [4.69, 9.17) is 9.47 Å². The summed E-state index contributed by atoms with van der Waals surface area (Å²) < 4.78 is 10.5. The van der Waals surface area contributed by atoms with E-state index in [2.05, 4.69) is 31.0 Å². The van der Waals surface area contributed by atoms with Gasteiger partial charge in [-0.3, -0.25) is 4.90 Å². The summed E-state index contributed by atoms with van der Waals surface area (Å²) >= 11 is 0. The van der Waals surface area contributed by atoms with Gasteiger partial charge in [-0.2, -0.15) is 0 Å². The lowest BCUT2D eigenvalue weighted by molar-refractivity contribution is 0.0721. The Labute approximate surface area is 118 Å². The zero-order chi connectivity index (χ0) is 14.3. The molecule has 0 aliphatic heterocycles. The van der Waals surface area contributed by atoms with Gasteiger partial charge in [0.05, 0.1) is 13.2 Å². The van der Waals surface area contributed by atoms with E-state index >= 15 is 0 Å². The Kier molecular flexibility index (Phi) is 7.29. The van der Waals surface area contributed by atoms with E-state index in [1.54, 1.807) is 14.2 Å². The molecular formula is C15H32N2O2. The molecule has 1 fully saturated rings. The van der Waals surface area contributed by atoms with Crippen molar-refractivity contribution in [3.8, 4) is 0 Å². The number of likely N-dealkylation sites (N-methyl/N-ethyl adjacent to an activating group) is 1. The largest absolute Gasteiger partial charge is 0.383 e. The van der Waals surface area contributed by atoms with Gasteiger partial charge < -0.3 is 14.8 Å². The Balaban J connectivity index is 2.69. The van der Waals surface area contributed by atoms with Crippen molar-refractivity contribution in [2.45, 2.75) is 45.7 Å². The molecule has 4 nitrogen and oxygen atoms in total. The van der Waals surface area contributed by atoms with Crippen molar-refractivity contribution in [3.63, 3.8) is 0 Å². The number of ether oxygens (including phenoxy) is 2. The summed E-state index contributed by atoms with van der Waals surface area (Å²) in [5.74, 6) is 0. The summed E-state index contributed by atoms with van der Waals surface area (Å²) in [6, 6.07) is 1.16. The maximum Gasteiger partial charge on any atom is 0.0589 e. The molecule has 0 aromatic carbocycles. The van der Waals surface area contributed by atoms with Crippen LogP contribution in [-0.2, 0) is 9.47 Å². The van der Waals surface area contributed by atoms with E-state index in [9.17, 15) is 0 Å². The van der Waals surface area contributed by atoms with Crippen LogP contribution in [0.2, 0.25) is 0 Å². The molecule has 2 unspecified atom stereocenters.